The fourth-order valence-corrected chi connectivity index (χ4v) is 2.34. The summed E-state index contributed by atoms with van der Waals surface area (Å²) < 4.78 is 0. The van der Waals surface area contributed by atoms with Gasteiger partial charge >= 0.3 is 0 Å². The molecule has 14 heavy (non-hydrogen) atoms. The van der Waals surface area contributed by atoms with Crippen LogP contribution >= 0.6 is 11.3 Å². The minimum Gasteiger partial charge on any atom is -0.325 e. The molecule has 0 aliphatic heterocycles. The second kappa shape index (κ2) is 4.38. The van der Waals surface area contributed by atoms with Crippen LogP contribution in [0.5, 0.6) is 0 Å². The van der Waals surface area contributed by atoms with Crippen molar-refractivity contribution >= 4 is 11.3 Å². The Bertz CT molecular complexity index is 267. The molecule has 0 aromatic carbocycles. The maximum atomic E-state index is 6.11. The lowest BCUT2D eigenvalue weighted by Gasteiger charge is -2.38. The number of thiazole rings is 1. The van der Waals surface area contributed by atoms with Gasteiger partial charge in [-0.05, 0) is 32.2 Å². The highest BCUT2D eigenvalue weighted by Crippen LogP contribution is 2.31. The Kier molecular flexibility index (Phi) is 3.15. The van der Waals surface area contributed by atoms with Crippen molar-refractivity contribution in [3.63, 3.8) is 0 Å². The lowest BCUT2D eigenvalue weighted by Crippen LogP contribution is -2.48. The van der Waals surface area contributed by atoms with Crippen molar-refractivity contribution < 1.29 is 0 Å². The van der Waals surface area contributed by atoms with E-state index in [0.29, 0.717) is 0 Å². The number of nitrogens with two attached hydrogens (primary N) is 1. The number of aromatic nitrogens is 1. The summed E-state index contributed by atoms with van der Waals surface area (Å²) in [6.07, 6.45) is 6.65. The summed E-state index contributed by atoms with van der Waals surface area (Å²) in [6.45, 7) is 1.89. The van der Waals surface area contributed by atoms with Crippen molar-refractivity contribution in [1.82, 2.24) is 10.3 Å². The maximum Gasteiger partial charge on any atom is 0.106 e. The Balaban J connectivity index is 1.59. The van der Waals surface area contributed by atoms with Crippen molar-refractivity contribution in [3.05, 3.63) is 16.6 Å². The maximum absolute atomic E-state index is 6.11. The second-order valence-corrected chi connectivity index (χ2v) is 5.05. The van der Waals surface area contributed by atoms with Crippen molar-refractivity contribution in [2.45, 2.75) is 37.8 Å². The minimum atomic E-state index is 0.149. The van der Waals surface area contributed by atoms with Crippen LogP contribution in [0.4, 0.5) is 0 Å². The lowest BCUT2D eigenvalue weighted by molar-refractivity contribution is 0.229. The lowest BCUT2D eigenvalue weighted by atomic mass is 9.75. The third-order valence-corrected chi connectivity index (χ3v) is 3.69. The summed E-state index contributed by atoms with van der Waals surface area (Å²) >= 11 is 1.70. The third-order valence-electron chi connectivity index (χ3n) is 2.91. The minimum absolute atomic E-state index is 0.149. The van der Waals surface area contributed by atoms with Gasteiger partial charge < -0.3 is 11.1 Å². The van der Waals surface area contributed by atoms with Crippen LogP contribution < -0.4 is 11.1 Å². The quantitative estimate of drug-likeness (QED) is 0.726. The van der Waals surface area contributed by atoms with E-state index in [1.807, 2.05) is 11.6 Å². The number of nitrogens with one attached hydrogen (secondary N) is 1. The van der Waals surface area contributed by atoms with E-state index in [1.165, 1.54) is 19.3 Å². The van der Waals surface area contributed by atoms with E-state index in [0.717, 1.165) is 24.5 Å². The molecule has 1 aliphatic rings. The summed E-state index contributed by atoms with van der Waals surface area (Å²) in [6, 6.07) is 0. The molecule has 1 aliphatic carbocycles. The van der Waals surface area contributed by atoms with Gasteiger partial charge in [0.1, 0.15) is 5.01 Å². The van der Waals surface area contributed by atoms with Crippen molar-refractivity contribution in [2.24, 2.45) is 5.73 Å². The molecule has 1 aromatic heterocycles. The van der Waals surface area contributed by atoms with Crippen LogP contribution in [0.15, 0.2) is 11.6 Å². The van der Waals surface area contributed by atoms with E-state index in [4.69, 9.17) is 5.73 Å². The van der Waals surface area contributed by atoms with Gasteiger partial charge in [0, 0.05) is 23.7 Å². The van der Waals surface area contributed by atoms with Crippen LogP contribution in [0, 0.1) is 0 Å². The molecule has 1 aromatic rings. The molecule has 2 rings (SSSR count). The monoisotopic (exact) mass is 211 g/mol. The number of nitrogens with zero attached hydrogens (tertiary/aromatic N) is 1. The summed E-state index contributed by atoms with van der Waals surface area (Å²) in [7, 11) is 0. The van der Waals surface area contributed by atoms with Gasteiger partial charge in [0.2, 0.25) is 0 Å². The summed E-state index contributed by atoms with van der Waals surface area (Å²) in [5.41, 5.74) is 6.26. The highest BCUT2D eigenvalue weighted by molar-refractivity contribution is 7.09. The average molecular weight is 211 g/mol. The first-order valence-corrected chi connectivity index (χ1v) is 6.04. The molecule has 0 unspecified atom stereocenters. The van der Waals surface area contributed by atoms with Crippen molar-refractivity contribution in [2.75, 3.05) is 6.54 Å². The van der Waals surface area contributed by atoms with Crippen LogP contribution in [0.25, 0.3) is 0 Å². The Labute approximate surface area is 88.7 Å². The summed E-state index contributed by atoms with van der Waals surface area (Å²) in [5, 5.41) is 6.54. The van der Waals surface area contributed by atoms with Gasteiger partial charge in [-0.25, -0.2) is 4.98 Å². The molecular weight excluding hydrogens is 194 g/mol. The Morgan fingerprint density at radius 3 is 3.00 bits per heavy atom. The van der Waals surface area contributed by atoms with Gasteiger partial charge in [0.05, 0.1) is 0 Å². The predicted molar refractivity (Wildman–Crippen MR) is 59.2 cm³/mol. The molecular formula is C10H17N3S. The molecule has 1 saturated carbocycles. The highest BCUT2D eigenvalue weighted by Gasteiger charge is 2.31. The molecule has 3 nitrogen and oxygen atoms in total. The summed E-state index contributed by atoms with van der Waals surface area (Å²) in [4.78, 5) is 4.21. The first-order valence-electron chi connectivity index (χ1n) is 5.16. The van der Waals surface area contributed by atoms with Gasteiger partial charge in [0.15, 0.2) is 0 Å². The highest BCUT2D eigenvalue weighted by atomic mass is 32.1. The zero-order chi connectivity index (χ0) is 9.86. The Morgan fingerprint density at radius 2 is 2.43 bits per heavy atom. The number of rotatable bonds is 5. The van der Waals surface area contributed by atoms with E-state index >= 15 is 0 Å². The number of hydrogen-bond donors (Lipinski definition) is 2. The van der Waals surface area contributed by atoms with Gasteiger partial charge in [-0.15, -0.1) is 11.3 Å². The fourth-order valence-electron chi connectivity index (χ4n) is 1.75. The van der Waals surface area contributed by atoms with E-state index in [2.05, 4.69) is 10.3 Å². The third kappa shape index (κ3) is 2.53. The van der Waals surface area contributed by atoms with Crippen LogP contribution in [-0.4, -0.2) is 17.1 Å². The van der Waals surface area contributed by atoms with Gasteiger partial charge in [-0.2, -0.15) is 0 Å². The molecule has 0 atom stereocenters. The van der Waals surface area contributed by atoms with Gasteiger partial charge in [-0.1, -0.05) is 0 Å². The summed E-state index contributed by atoms with van der Waals surface area (Å²) in [5.74, 6) is 0. The van der Waals surface area contributed by atoms with Crippen LogP contribution in [-0.2, 0) is 6.54 Å². The normalized spacial score (nSPS) is 19.2. The number of hydrogen-bond acceptors (Lipinski definition) is 4. The predicted octanol–water partition coefficient (Wildman–Crippen LogP) is 1.50. The molecule has 0 bridgehead atoms. The standard InChI is InChI=1S/C10H17N3S/c11-10(2-1-3-10)4-5-12-8-9-13-6-7-14-9/h6-7,12H,1-5,8,11H2. The Hall–Kier alpha value is -0.450. The fraction of sp³-hybridized carbons (Fsp3) is 0.700. The zero-order valence-electron chi connectivity index (χ0n) is 8.33. The van der Waals surface area contributed by atoms with Crippen LogP contribution in [0.1, 0.15) is 30.7 Å². The molecule has 0 amide bonds. The van der Waals surface area contributed by atoms with E-state index in [1.54, 1.807) is 11.3 Å². The molecule has 4 heteroatoms. The zero-order valence-corrected chi connectivity index (χ0v) is 9.15. The van der Waals surface area contributed by atoms with Crippen molar-refractivity contribution in [1.29, 1.82) is 0 Å². The van der Waals surface area contributed by atoms with Crippen LogP contribution in [0.2, 0.25) is 0 Å². The second-order valence-electron chi connectivity index (χ2n) is 4.07. The molecule has 0 spiro atoms. The average Bonchev–Trinajstić information content (AvgIpc) is 2.62. The largest absolute Gasteiger partial charge is 0.325 e. The van der Waals surface area contributed by atoms with E-state index in [9.17, 15) is 0 Å². The molecule has 1 fully saturated rings. The van der Waals surface area contributed by atoms with Crippen LogP contribution in [0.3, 0.4) is 0 Å². The van der Waals surface area contributed by atoms with Gasteiger partial charge in [-0.3, -0.25) is 0 Å². The first kappa shape index (κ1) is 10.1. The SMILES string of the molecule is NC1(CCNCc2nccs2)CCC1. The van der Waals surface area contributed by atoms with Crippen molar-refractivity contribution in [3.8, 4) is 0 Å². The molecule has 0 saturated heterocycles. The topological polar surface area (TPSA) is 50.9 Å². The Morgan fingerprint density at radius 1 is 1.57 bits per heavy atom. The first-order chi connectivity index (χ1) is 6.79. The molecule has 3 N–H and O–H groups in total. The molecule has 78 valence electrons. The van der Waals surface area contributed by atoms with E-state index in [-0.39, 0.29) is 5.54 Å². The molecule has 0 radical (unpaired) electrons. The van der Waals surface area contributed by atoms with Gasteiger partial charge in [0.25, 0.3) is 0 Å². The van der Waals surface area contributed by atoms with E-state index < -0.39 is 0 Å². The molecule has 1 heterocycles. The smallest absolute Gasteiger partial charge is 0.106 e.